The maximum Gasteiger partial charge on any atom is 0.341 e. The quantitative estimate of drug-likeness (QED) is 0.247. The van der Waals surface area contributed by atoms with Gasteiger partial charge in [0.2, 0.25) is 5.89 Å². The van der Waals surface area contributed by atoms with Crippen molar-refractivity contribution in [1.82, 2.24) is 24.1 Å². The molecule has 1 aliphatic rings. The summed E-state index contributed by atoms with van der Waals surface area (Å²) in [6.45, 7) is 5.81. The number of esters is 1. The lowest BCUT2D eigenvalue weighted by Gasteiger charge is -2.08. The van der Waals surface area contributed by atoms with Gasteiger partial charge in [0, 0.05) is 40.9 Å². The van der Waals surface area contributed by atoms with Crippen molar-refractivity contribution in [3.8, 4) is 22.8 Å². The zero-order chi connectivity index (χ0) is 28.9. The molecule has 0 saturated heterocycles. The third kappa shape index (κ3) is 4.95. The summed E-state index contributed by atoms with van der Waals surface area (Å²) >= 11 is 0. The summed E-state index contributed by atoms with van der Waals surface area (Å²) < 4.78 is 39.7. The number of hydrogen-bond donors (Lipinski definition) is 1. The molecule has 0 atom stereocenters. The Morgan fingerprint density at radius 1 is 1.12 bits per heavy atom. The third-order valence-corrected chi connectivity index (χ3v) is 8.55. The molecule has 1 saturated carbocycles. The molecule has 1 aliphatic carbocycles. The van der Waals surface area contributed by atoms with Gasteiger partial charge in [0.1, 0.15) is 0 Å². The first-order chi connectivity index (χ1) is 19.7. The van der Waals surface area contributed by atoms with E-state index in [9.17, 15) is 13.2 Å². The van der Waals surface area contributed by atoms with Crippen LogP contribution in [0.15, 0.2) is 64.2 Å². The predicted molar refractivity (Wildman–Crippen MR) is 152 cm³/mol. The van der Waals surface area contributed by atoms with Gasteiger partial charge in [-0.15, -0.1) is 5.10 Å². The van der Waals surface area contributed by atoms with Gasteiger partial charge in [0.05, 0.1) is 28.8 Å². The molecule has 3 aromatic heterocycles. The summed E-state index contributed by atoms with van der Waals surface area (Å²) in [5.41, 5.74) is 3.37. The van der Waals surface area contributed by atoms with Crippen molar-refractivity contribution in [1.29, 1.82) is 0 Å². The second-order valence-electron chi connectivity index (χ2n) is 10.4. The second-order valence-corrected chi connectivity index (χ2v) is 12.2. The van der Waals surface area contributed by atoms with Gasteiger partial charge < -0.3 is 14.5 Å². The zero-order valence-electron chi connectivity index (χ0n) is 23.0. The van der Waals surface area contributed by atoms with Crippen molar-refractivity contribution in [3.63, 3.8) is 0 Å². The Morgan fingerprint density at radius 3 is 2.56 bits per heavy atom. The monoisotopic (exact) mass is 572 g/mol. The van der Waals surface area contributed by atoms with Crippen LogP contribution >= 0.6 is 0 Å². The number of nitrogens with one attached hydrogen (secondary N) is 1. The molecule has 5 aromatic rings. The smallest absolute Gasteiger partial charge is 0.341 e. The number of anilines is 1. The molecule has 2 aromatic carbocycles. The maximum absolute atomic E-state index is 13.8. The average Bonchev–Trinajstić information content (AvgIpc) is 3.58. The Kier molecular flexibility index (Phi) is 6.57. The lowest BCUT2D eigenvalue weighted by molar-refractivity contribution is 0.0598. The highest BCUT2D eigenvalue weighted by molar-refractivity contribution is 7.90. The fourth-order valence-electron chi connectivity index (χ4n) is 4.64. The summed E-state index contributed by atoms with van der Waals surface area (Å²) in [4.78, 5) is 21.8. The van der Waals surface area contributed by atoms with E-state index in [-0.39, 0.29) is 28.8 Å². The van der Waals surface area contributed by atoms with Crippen LogP contribution in [0.4, 0.5) is 6.01 Å². The molecule has 0 aliphatic heterocycles. The standard InChI is InChI=1S/C29H28N6O5S/c1-16(2)31-29-34-33-27(40-29)19-9-12-24-21(13-19)23(15-35(24)41(37,38)20-10-5-17(3)6-11-20)26-30-14-22(28(36)39-4)25(32-26)18-7-8-18/h5-6,9-16,18H,7-8H2,1-4H3,(H,31,34). The van der Waals surface area contributed by atoms with Crippen LogP contribution < -0.4 is 5.32 Å². The Hall–Kier alpha value is -4.58. The van der Waals surface area contributed by atoms with Crippen molar-refractivity contribution in [2.24, 2.45) is 0 Å². The minimum atomic E-state index is -3.97. The highest BCUT2D eigenvalue weighted by atomic mass is 32.2. The number of aromatic nitrogens is 5. The molecule has 11 nitrogen and oxygen atoms in total. The topological polar surface area (TPSA) is 142 Å². The number of hydrogen-bond acceptors (Lipinski definition) is 10. The SMILES string of the molecule is COC(=O)c1cnc(-c2cn(S(=O)(=O)c3ccc(C)cc3)c3ccc(-c4nnc(NC(C)C)o4)cc23)nc1C1CC1. The molecule has 6 rings (SSSR count). The number of benzene rings is 2. The number of fused-ring (bicyclic) bond motifs is 1. The first-order valence-electron chi connectivity index (χ1n) is 13.2. The van der Waals surface area contributed by atoms with E-state index in [4.69, 9.17) is 14.1 Å². The largest absolute Gasteiger partial charge is 0.465 e. The van der Waals surface area contributed by atoms with Crippen LogP contribution in [0.2, 0.25) is 0 Å². The van der Waals surface area contributed by atoms with Gasteiger partial charge in [-0.05, 0) is 63.9 Å². The van der Waals surface area contributed by atoms with Crippen molar-refractivity contribution in [3.05, 3.63) is 71.7 Å². The Bertz CT molecular complexity index is 1890. The molecule has 0 bridgehead atoms. The van der Waals surface area contributed by atoms with E-state index in [0.29, 0.717) is 39.1 Å². The molecule has 12 heteroatoms. The second kappa shape index (κ2) is 10.1. The minimum Gasteiger partial charge on any atom is -0.465 e. The molecule has 0 unspecified atom stereocenters. The van der Waals surface area contributed by atoms with Crippen LogP contribution in [0.25, 0.3) is 33.7 Å². The lowest BCUT2D eigenvalue weighted by Crippen LogP contribution is -2.12. The van der Waals surface area contributed by atoms with E-state index in [1.54, 1.807) is 42.5 Å². The Morgan fingerprint density at radius 2 is 1.88 bits per heavy atom. The number of ether oxygens (including phenoxy) is 1. The number of carbonyl (C=O) groups excluding carboxylic acids is 1. The van der Waals surface area contributed by atoms with Crippen molar-refractivity contribution >= 4 is 32.9 Å². The van der Waals surface area contributed by atoms with E-state index in [1.165, 1.54) is 23.5 Å². The van der Waals surface area contributed by atoms with E-state index < -0.39 is 16.0 Å². The number of aryl methyl sites for hydroxylation is 1. The predicted octanol–water partition coefficient (Wildman–Crippen LogP) is 5.18. The van der Waals surface area contributed by atoms with Crippen molar-refractivity contribution in [2.75, 3.05) is 12.4 Å². The fourth-order valence-corrected chi connectivity index (χ4v) is 6.01. The molecular weight excluding hydrogens is 544 g/mol. The van der Waals surface area contributed by atoms with E-state index in [2.05, 4.69) is 20.5 Å². The van der Waals surface area contributed by atoms with Gasteiger partial charge in [-0.25, -0.2) is 27.2 Å². The van der Waals surface area contributed by atoms with Crippen LogP contribution in [0.3, 0.4) is 0 Å². The van der Waals surface area contributed by atoms with E-state index in [0.717, 1.165) is 18.4 Å². The molecular formula is C29H28N6O5S. The molecule has 210 valence electrons. The summed E-state index contributed by atoms with van der Waals surface area (Å²) in [6, 6.07) is 12.3. The molecule has 0 spiro atoms. The Labute approximate surface area is 236 Å². The first-order valence-corrected chi connectivity index (χ1v) is 14.6. The summed E-state index contributed by atoms with van der Waals surface area (Å²) in [5, 5.41) is 11.9. The minimum absolute atomic E-state index is 0.101. The van der Waals surface area contributed by atoms with Gasteiger partial charge in [0.25, 0.3) is 10.0 Å². The fraction of sp³-hybridized carbons (Fsp3) is 0.276. The van der Waals surface area contributed by atoms with Crippen molar-refractivity contribution < 1.29 is 22.4 Å². The van der Waals surface area contributed by atoms with Crippen LogP contribution in [-0.2, 0) is 14.8 Å². The van der Waals surface area contributed by atoms with Crippen LogP contribution in [0.1, 0.15) is 54.2 Å². The molecule has 0 amide bonds. The number of nitrogens with zero attached hydrogens (tertiary/aromatic N) is 5. The van der Waals surface area contributed by atoms with Gasteiger partial charge in [-0.2, -0.15) is 0 Å². The van der Waals surface area contributed by atoms with Crippen LogP contribution in [-0.4, -0.2) is 51.7 Å². The first kappa shape index (κ1) is 26.6. The maximum atomic E-state index is 13.8. The van der Waals surface area contributed by atoms with Gasteiger partial charge in [-0.1, -0.05) is 22.8 Å². The number of rotatable bonds is 8. The highest BCUT2D eigenvalue weighted by Gasteiger charge is 2.32. The van der Waals surface area contributed by atoms with Crippen LogP contribution in [0, 0.1) is 6.92 Å². The molecule has 41 heavy (non-hydrogen) atoms. The van der Waals surface area contributed by atoms with E-state index in [1.807, 2.05) is 20.8 Å². The van der Waals surface area contributed by atoms with E-state index >= 15 is 0 Å². The van der Waals surface area contributed by atoms with Gasteiger partial charge in [-0.3, -0.25) is 0 Å². The summed E-state index contributed by atoms with van der Waals surface area (Å²) in [7, 11) is -2.65. The number of methoxy groups -OCH3 is 1. The zero-order valence-corrected chi connectivity index (χ0v) is 23.8. The van der Waals surface area contributed by atoms with Crippen LogP contribution in [0.5, 0.6) is 0 Å². The average molecular weight is 573 g/mol. The molecule has 3 heterocycles. The Balaban J connectivity index is 1.55. The van der Waals surface area contributed by atoms with Gasteiger partial charge >= 0.3 is 12.0 Å². The summed E-state index contributed by atoms with van der Waals surface area (Å²) in [5.74, 6) is 0.187. The summed E-state index contributed by atoms with van der Waals surface area (Å²) in [6.07, 6.45) is 4.77. The van der Waals surface area contributed by atoms with Gasteiger partial charge in [0.15, 0.2) is 5.82 Å². The van der Waals surface area contributed by atoms with Crippen molar-refractivity contribution in [2.45, 2.75) is 50.5 Å². The normalized spacial score (nSPS) is 13.6. The lowest BCUT2D eigenvalue weighted by atomic mass is 10.1. The third-order valence-electron chi connectivity index (χ3n) is 6.86. The molecule has 1 fully saturated rings. The molecule has 1 N–H and O–H groups in total. The highest BCUT2D eigenvalue weighted by Crippen LogP contribution is 2.42. The number of carbonyl (C=O) groups is 1. The molecule has 0 radical (unpaired) electrons.